The number of carbonyl (C=O) groups is 3. The van der Waals surface area contributed by atoms with E-state index in [2.05, 4.69) is 5.32 Å². The Hall–Kier alpha value is -3.99. The Kier molecular flexibility index (Phi) is 8.90. The molecule has 196 valence electrons. The fraction of sp³-hybridized carbons (Fsp3) is 0.303. The molecule has 3 aromatic rings. The van der Waals surface area contributed by atoms with Crippen LogP contribution in [0.1, 0.15) is 70.8 Å². The summed E-state index contributed by atoms with van der Waals surface area (Å²) in [6, 6.07) is 21.7. The van der Waals surface area contributed by atoms with Gasteiger partial charge < -0.3 is 5.32 Å². The number of amides is 2. The number of rotatable bonds is 8. The molecule has 0 saturated heterocycles. The molecule has 2 amide bonds. The van der Waals surface area contributed by atoms with Gasteiger partial charge in [-0.05, 0) is 57.4 Å². The van der Waals surface area contributed by atoms with Gasteiger partial charge >= 0.3 is 0 Å². The summed E-state index contributed by atoms with van der Waals surface area (Å²) < 4.78 is 0. The summed E-state index contributed by atoms with van der Waals surface area (Å²) in [5, 5.41) is 3.22. The number of nitrogens with one attached hydrogen (secondary N) is 1. The highest BCUT2D eigenvalue weighted by Crippen LogP contribution is 2.30. The molecule has 1 saturated carbocycles. The second-order valence-electron chi connectivity index (χ2n) is 10.3. The van der Waals surface area contributed by atoms with E-state index in [4.69, 9.17) is 0 Å². The van der Waals surface area contributed by atoms with Crippen molar-refractivity contribution < 1.29 is 14.4 Å². The van der Waals surface area contributed by atoms with Gasteiger partial charge in [-0.25, -0.2) is 0 Å². The van der Waals surface area contributed by atoms with Crippen molar-refractivity contribution >= 4 is 23.3 Å². The van der Waals surface area contributed by atoms with E-state index in [0.717, 1.165) is 47.9 Å². The average molecular weight is 509 g/mol. The van der Waals surface area contributed by atoms with Gasteiger partial charge in [-0.3, -0.25) is 19.3 Å². The van der Waals surface area contributed by atoms with Crippen molar-refractivity contribution in [2.45, 2.75) is 65.0 Å². The maximum absolute atomic E-state index is 13.9. The molecule has 1 fully saturated rings. The zero-order valence-corrected chi connectivity index (χ0v) is 22.4. The molecule has 0 heterocycles. The molecule has 38 heavy (non-hydrogen) atoms. The molecule has 0 bridgehead atoms. The van der Waals surface area contributed by atoms with Crippen LogP contribution in [0.2, 0.25) is 0 Å². The van der Waals surface area contributed by atoms with Crippen LogP contribution >= 0.6 is 0 Å². The van der Waals surface area contributed by atoms with E-state index in [0.29, 0.717) is 11.3 Å². The normalized spacial score (nSPS) is 14.7. The van der Waals surface area contributed by atoms with E-state index < -0.39 is 11.9 Å². The van der Waals surface area contributed by atoms with Crippen molar-refractivity contribution in [3.8, 4) is 0 Å². The van der Waals surface area contributed by atoms with E-state index in [1.165, 1.54) is 23.5 Å². The molecular weight excluding hydrogens is 472 g/mol. The standard InChI is InChI=1S/C33H36N2O3/c1-23-9-15-26(16-10-23)30(36)21-22-31(37)35(29-19-13-25(3)14-20-29)32(27-17-11-24(2)12-18-27)33(38)34-28-7-5-4-6-8-28/h9-22,28,32H,4-8H2,1-3H3,(H,34,38)/b22-21+. The predicted octanol–water partition coefficient (Wildman–Crippen LogP) is 6.57. The van der Waals surface area contributed by atoms with Crippen LogP contribution in [-0.2, 0) is 9.59 Å². The molecule has 0 radical (unpaired) electrons. The fourth-order valence-electron chi connectivity index (χ4n) is 4.84. The molecule has 1 aliphatic rings. The Morgan fingerprint density at radius 2 is 1.26 bits per heavy atom. The molecule has 1 atom stereocenters. The molecule has 1 unspecified atom stereocenters. The van der Waals surface area contributed by atoms with Gasteiger partial charge in [0.2, 0.25) is 5.91 Å². The van der Waals surface area contributed by atoms with Crippen molar-refractivity contribution in [1.82, 2.24) is 5.32 Å². The molecule has 0 aromatic heterocycles. The lowest BCUT2D eigenvalue weighted by atomic mass is 9.94. The molecule has 1 N–H and O–H groups in total. The SMILES string of the molecule is Cc1ccc(C(=O)/C=C/C(=O)N(c2ccc(C)cc2)C(C(=O)NC2CCCCC2)c2ccc(C)cc2)cc1. The lowest BCUT2D eigenvalue weighted by Gasteiger charge is -2.33. The molecule has 4 rings (SSSR count). The average Bonchev–Trinajstić information content (AvgIpc) is 2.92. The van der Waals surface area contributed by atoms with E-state index in [-0.39, 0.29) is 17.7 Å². The Labute approximate surface area is 225 Å². The van der Waals surface area contributed by atoms with Crippen LogP contribution in [0, 0.1) is 20.8 Å². The second-order valence-corrected chi connectivity index (χ2v) is 10.3. The number of aryl methyl sites for hydroxylation is 3. The van der Waals surface area contributed by atoms with Crippen molar-refractivity contribution in [2.24, 2.45) is 0 Å². The number of hydrogen-bond acceptors (Lipinski definition) is 3. The van der Waals surface area contributed by atoms with Gasteiger partial charge in [0.15, 0.2) is 5.78 Å². The van der Waals surface area contributed by atoms with Crippen molar-refractivity contribution in [3.63, 3.8) is 0 Å². The zero-order chi connectivity index (χ0) is 27.1. The Balaban J connectivity index is 1.71. The van der Waals surface area contributed by atoms with Gasteiger partial charge in [0.1, 0.15) is 6.04 Å². The molecule has 5 nitrogen and oxygen atoms in total. The topological polar surface area (TPSA) is 66.5 Å². The third-order valence-electron chi connectivity index (χ3n) is 7.11. The van der Waals surface area contributed by atoms with Gasteiger partial charge in [-0.15, -0.1) is 0 Å². The van der Waals surface area contributed by atoms with Gasteiger partial charge in [0.05, 0.1) is 0 Å². The van der Waals surface area contributed by atoms with Crippen molar-refractivity contribution in [3.05, 3.63) is 113 Å². The summed E-state index contributed by atoms with van der Waals surface area (Å²) in [7, 11) is 0. The van der Waals surface area contributed by atoms with E-state index >= 15 is 0 Å². The number of carbonyl (C=O) groups excluding carboxylic acids is 3. The Bertz CT molecular complexity index is 1290. The lowest BCUT2D eigenvalue weighted by molar-refractivity contribution is -0.126. The van der Waals surface area contributed by atoms with Crippen LogP contribution in [0.4, 0.5) is 5.69 Å². The van der Waals surface area contributed by atoms with Crippen LogP contribution in [0.5, 0.6) is 0 Å². The Morgan fingerprint density at radius 1 is 0.737 bits per heavy atom. The third kappa shape index (κ3) is 6.86. The van der Waals surface area contributed by atoms with Gasteiger partial charge in [-0.2, -0.15) is 0 Å². The molecular formula is C33H36N2O3. The van der Waals surface area contributed by atoms with Crippen LogP contribution in [0.3, 0.4) is 0 Å². The van der Waals surface area contributed by atoms with E-state index in [1.807, 2.05) is 81.4 Å². The first kappa shape index (κ1) is 27.1. The smallest absolute Gasteiger partial charge is 0.252 e. The highest BCUT2D eigenvalue weighted by atomic mass is 16.2. The molecule has 3 aromatic carbocycles. The summed E-state index contributed by atoms with van der Waals surface area (Å²) in [6.07, 6.45) is 7.80. The lowest BCUT2D eigenvalue weighted by Crippen LogP contribution is -2.47. The summed E-state index contributed by atoms with van der Waals surface area (Å²) in [4.78, 5) is 42.0. The minimum Gasteiger partial charge on any atom is -0.351 e. The predicted molar refractivity (Wildman–Crippen MR) is 152 cm³/mol. The summed E-state index contributed by atoms with van der Waals surface area (Å²) in [5.74, 6) is -0.910. The van der Waals surface area contributed by atoms with Gasteiger partial charge in [0.25, 0.3) is 5.91 Å². The number of anilines is 1. The number of hydrogen-bond donors (Lipinski definition) is 1. The van der Waals surface area contributed by atoms with Gasteiger partial charge in [-0.1, -0.05) is 96.6 Å². The number of allylic oxidation sites excluding steroid dienone is 1. The minimum atomic E-state index is -0.883. The quantitative estimate of drug-likeness (QED) is 0.276. The van der Waals surface area contributed by atoms with Crippen molar-refractivity contribution in [1.29, 1.82) is 0 Å². The van der Waals surface area contributed by atoms with Crippen LogP contribution in [-0.4, -0.2) is 23.6 Å². The van der Waals surface area contributed by atoms with Crippen LogP contribution in [0.15, 0.2) is 84.9 Å². The summed E-state index contributed by atoms with van der Waals surface area (Å²) >= 11 is 0. The number of nitrogens with zero attached hydrogens (tertiary/aromatic N) is 1. The zero-order valence-electron chi connectivity index (χ0n) is 22.4. The maximum Gasteiger partial charge on any atom is 0.252 e. The first-order valence-corrected chi connectivity index (χ1v) is 13.4. The molecule has 0 spiro atoms. The van der Waals surface area contributed by atoms with E-state index in [9.17, 15) is 14.4 Å². The monoisotopic (exact) mass is 508 g/mol. The van der Waals surface area contributed by atoms with Crippen molar-refractivity contribution in [2.75, 3.05) is 4.90 Å². The number of benzene rings is 3. The third-order valence-corrected chi connectivity index (χ3v) is 7.11. The molecule has 5 heteroatoms. The van der Waals surface area contributed by atoms with Crippen LogP contribution < -0.4 is 10.2 Å². The fourth-order valence-corrected chi connectivity index (χ4v) is 4.84. The molecule has 1 aliphatic carbocycles. The first-order valence-electron chi connectivity index (χ1n) is 13.4. The Morgan fingerprint density at radius 3 is 1.84 bits per heavy atom. The minimum absolute atomic E-state index is 0.0952. The maximum atomic E-state index is 13.9. The first-order chi connectivity index (χ1) is 18.3. The molecule has 0 aliphatic heterocycles. The second kappa shape index (κ2) is 12.5. The van der Waals surface area contributed by atoms with E-state index in [1.54, 1.807) is 12.1 Å². The van der Waals surface area contributed by atoms with Crippen LogP contribution in [0.25, 0.3) is 0 Å². The highest BCUT2D eigenvalue weighted by molar-refractivity contribution is 6.12. The number of ketones is 1. The summed E-state index contributed by atoms with van der Waals surface area (Å²) in [5.41, 5.74) is 4.99. The summed E-state index contributed by atoms with van der Waals surface area (Å²) in [6.45, 7) is 5.92. The largest absolute Gasteiger partial charge is 0.351 e. The van der Waals surface area contributed by atoms with Gasteiger partial charge in [0, 0.05) is 23.4 Å². The highest BCUT2D eigenvalue weighted by Gasteiger charge is 2.33.